The fraction of sp³-hybridized carbons (Fsp3) is 0.571. The summed E-state index contributed by atoms with van der Waals surface area (Å²) in [5.41, 5.74) is 4.74. The Morgan fingerprint density at radius 2 is 1.83 bits per heavy atom. The molecule has 1 atom stereocenters. The number of piperazine rings is 1. The van der Waals surface area contributed by atoms with Crippen molar-refractivity contribution in [2.75, 3.05) is 31.5 Å². The molecule has 3 aromatic rings. The maximum Gasteiger partial charge on any atom is 0.224 e. The van der Waals surface area contributed by atoms with Crippen molar-refractivity contribution in [1.29, 1.82) is 0 Å². The van der Waals surface area contributed by atoms with Crippen molar-refractivity contribution in [3.05, 3.63) is 42.2 Å². The van der Waals surface area contributed by atoms with E-state index >= 15 is 0 Å². The lowest BCUT2D eigenvalue weighted by atomic mass is 9.93. The number of hydrogen-bond donors (Lipinski definition) is 3. The van der Waals surface area contributed by atoms with E-state index in [9.17, 15) is 5.11 Å². The maximum atomic E-state index is 10.1. The normalized spacial score (nSPS) is 21.8. The van der Waals surface area contributed by atoms with Crippen LogP contribution in [0.4, 0.5) is 5.95 Å². The Bertz CT molecular complexity index is 1100. The Balaban J connectivity index is 0.00000304. The predicted octanol–water partition coefficient (Wildman–Crippen LogP) is 5.00. The van der Waals surface area contributed by atoms with Gasteiger partial charge in [-0.25, -0.2) is 4.98 Å². The van der Waals surface area contributed by atoms with Crippen LogP contribution in [0.25, 0.3) is 22.2 Å². The van der Waals surface area contributed by atoms with Crippen molar-refractivity contribution >= 4 is 29.4 Å². The van der Waals surface area contributed by atoms with Crippen LogP contribution in [0, 0.1) is 0 Å². The zero-order valence-electron chi connectivity index (χ0n) is 21.6. The van der Waals surface area contributed by atoms with E-state index in [1.54, 1.807) is 0 Å². The van der Waals surface area contributed by atoms with Gasteiger partial charge in [-0.15, -0.1) is 12.4 Å². The number of aliphatic hydroxyl groups is 1. The molecule has 0 unspecified atom stereocenters. The summed E-state index contributed by atoms with van der Waals surface area (Å²) < 4.78 is 2.35. The van der Waals surface area contributed by atoms with Gasteiger partial charge in [-0.2, -0.15) is 4.98 Å². The molecule has 3 heterocycles. The molecule has 0 bridgehead atoms. The molecule has 0 amide bonds. The highest BCUT2D eigenvalue weighted by molar-refractivity contribution is 5.94. The van der Waals surface area contributed by atoms with E-state index in [1.807, 2.05) is 6.20 Å². The fourth-order valence-corrected chi connectivity index (χ4v) is 5.59. The maximum absolute atomic E-state index is 10.1. The summed E-state index contributed by atoms with van der Waals surface area (Å²) >= 11 is 0. The lowest BCUT2D eigenvalue weighted by Gasteiger charge is -2.27. The van der Waals surface area contributed by atoms with E-state index in [1.165, 1.54) is 16.7 Å². The van der Waals surface area contributed by atoms with Crippen molar-refractivity contribution in [2.45, 2.75) is 77.1 Å². The first-order valence-corrected chi connectivity index (χ1v) is 13.4. The van der Waals surface area contributed by atoms with Crippen LogP contribution in [0.15, 0.2) is 36.7 Å². The Morgan fingerprint density at radius 3 is 2.53 bits per heavy atom. The second kappa shape index (κ2) is 12.4. The minimum Gasteiger partial charge on any atom is -0.393 e. The van der Waals surface area contributed by atoms with Gasteiger partial charge in [-0.05, 0) is 50.2 Å². The van der Waals surface area contributed by atoms with Gasteiger partial charge >= 0.3 is 0 Å². The van der Waals surface area contributed by atoms with Gasteiger partial charge < -0.3 is 20.3 Å². The third-order valence-electron chi connectivity index (χ3n) is 7.61. The second-order valence-electron chi connectivity index (χ2n) is 10.4. The van der Waals surface area contributed by atoms with Crippen molar-refractivity contribution in [3.8, 4) is 11.1 Å². The average Bonchev–Trinajstić information content (AvgIpc) is 3.24. The Hall–Kier alpha value is -2.19. The summed E-state index contributed by atoms with van der Waals surface area (Å²) in [6.45, 7) is 9.75. The summed E-state index contributed by atoms with van der Waals surface area (Å²) in [5.74, 6) is 0.701. The van der Waals surface area contributed by atoms with E-state index in [0.29, 0.717) is 18.0 Å². The van der Waals surface area contributed by atoms with Gasteiger partial charge in [0.25, 0.3) is 0 Å². The number of nitrogens with one attached hydrogen (secondary N) is 2. The van der Waals surface area contributed by atoms with Gasteiger partial charge in [0.1, 0.15) is 5.65 Å². The van der Waals surface area contributed by atoms with Crippen LogP contribution in [-0.2, 0) is 6.54 Å². The van der Waals surface area contributed by atoms with Crippen molar-refractivity contribution in [2.24, 2.45) is 0 Å². The molecule has 2 aliphatic rings. The van der Waals surface area contributed by atoms with Crippen LogP contribution >= 0.6 is 12.4 Å². The zero-order chi connectivity index (χ0) is 24.2. The first-order chi connectivity index (χ1) is 17.1. The van der Waals surface area contributed by atoms with E-state index in [-0.39, 0.29) is 18.5 Å². The number of halogens is 1. The van der Waals surface area contributed by atoms with Gasteiger partial charge in [0.15, 0.2) is 0 Å². The highest BCUT2D eigenvalue weighted by Crippen LogP contribution is 2.36. The summed E-state index contributed by atoms with van der Waals surface area (Å²) in [4.78, 5) is 12.2. The number of rotatable bonds is 8. The van der Waals surface area contributed by atoms with Gasteiger partial charge in [-0.1, -0.05) is 37.6 Å². The van der Waals surface area contributed by atoms with Crippen molar-refractivity contribution < 1.29 is 5.11 Å². The molecule has 7 nitrogen and oxygen atoms in total. The zero-order valence-corrected chi connectivity index (χ0v) is 22.4. The number of hydrogen-bond acceptors (Lipinski definition) is 6. The molecule has 2 aromatic heterocycles. The van der Waals surface area contributed by atoms with Crippen LogP contribution < -0.4 is 10.6 Å². The van der Waals surface area contributed by atoms with Crippen LogP contribution in [0.1, 0.15) is 64.0 Å². The SMILES string of the molecule is CCC[C@H](C)Nc1ncc2c(-c3ccc(CN4CCNCC4)cc3)cn(C3CCC(O)CC3)c2n1.Cl. The summed E-state index contributed by atoms with van der Waals surface area (Å²) in [5, 5.41) is 18.1. The molecule has 196 valence electrons. The highest BCUT2D eigenvalue weighted by Gasteiger charge is 2.24. The lowest BCUT2D eigenvalue weighted by molar-refractivity contribution is 0.111. The Morgan fingerprint density at radius 1 is 1.11 bits per heavy atom. The molecule has 3 N–H and O–H groups in total. The number of anilines is 1. The number of fused-ring (bicyclic) bond motifs is 1. The van der Waals surface area contributed by atoms with Crippen LogP contribution in [0.5, 0.6) is 0 Å². The molecule has 0 spiro atoms. The molecule has 1 saturated heterocycles. The number of aromatic nitrogens is 3. The van der Waals surface area contributed by atoms with Gasteiger partial charge in [0.2, 0.25) is 5.95 Å². The number of aliphatic hydroxyl groups excluding tert-OH is 1. The fourth-order valence-electron chi connectivity index (χ4n) is 5.59. The molecule has 1 aliphatic heterocycles. The minimum atomic E-state index is -0.169. The summed E-state index contributed by atoms with van der Waals surface area (Å²) in [6.07, 6.45) is 9.97. The summed E-state index contributed by atoms with van der Waals surface area (Å²) in [7, 11) is 0. The van der Waals surface area contributed by atoms with Crippen LogP contribution in [0.2, 0.25) is 0 Å². The first kappa shape index (κ1) is 26.9. The largest absolute Gasteiger partial charge is 0.393 e. The van der Waals surface area contributed by atoms with Crippen LogP contribution in [-0.4, -0.2) is 62.9 Å². The Labute approximate surface area is 221 Å². The molecule has 1 aromatic carbocycles. The van der Waals surface area contributed by atoms with E-state index in [0.717, 1.165) is 82.3 Å². The van der Waals surface area contributed by atoms with Gasteiger partial charge in [0, 0.05) is 68.2 Å². The molecule has 1 aliphatic carbocycles. The number of benzene rings is 1. The lowest BCUT2D eigenvalue weighted by Crippen LogP contribution is -2.42. The quantitative estimate of drug-likeness (QED) is 0.394. The molecule has 36 heavy (non-hydrogen) atoms. The number of nitrogens with zero attached hydrogens (tertiary/aromatic N) is 4. The Kier molecular flexibility index (Phi) is 9.23. The van der Waals surface area contributed by atoms with E-state index < -0.39 is 0 Å². The minimum absolute atomic E-state index is 0. The molecule has 0 radical (unpaired) electrons. The van der Waals surface area contributed by atoms with Crippen LogP contribution in [0.3, 0.4) is 0 Å². The monoisotopic (exact) mass is 512 g/mol. The van der Waals surface area contributed by atoms with Gasteiger partial charge in [0.05, 0.1) is 6.10 Å². The first-order valence-electron chi connectivity index (χ1n) is 13.4. The van der Waals surface area contributed by atoms with E-state index in [2.05, 4.69) is 64.4 Å². The van der Waals surface area contributed by atoms with Crippen molar-refractivity contribution in [1.82, 2.24) is 24.8 Å². The predicted molar refractivity (Wildman–Crippen MR) is 150 cm³/mol. The summed E-state index contributed by atoms with van der Waals surface area (Å²) in [6, 6.07) is 9.72. The third-order valence-corrected chi connectivity index (χ3v) is 7.61. The topological polar surface area (TPSA) is 78.2 Å². The molecular formula is C28H41ClN6O. The average molecular weight is 513 g/mol. The smallest absolute Gasteiger partial charge is 0.224 e. The molecule has 2 fully saturated rings. The highest BCUT2D eigenvalue weighted by atomic mass is 35.5. The van der Waals surface area contributed by atoms with Gasteiger partial charge in [-0.3, -0.25) is 4.90 Å². The standard InChI is InChI=1S/C28H40N6O.ClH/c1-3-4-20(2)31-28-30-17-25-26(19-34(27(25)32-28)23-9-11-24(35)12-10-23)22-7-5-21(6-8-22)18-33-15-13-29-14-16-33;/h5-8,17,19-20,23-24,29,35H,3-4,9-16,18H2,1-2H3,(H,30,31,32);1H/t20-,23?,24?;/m0./s1. The van der Waals surface area contributed by atoms with E-state index in [4.69, 9.17) is 9.97 Å². The molecule has 8 heteroatoms. The van der Waals surface area contributed by atoms with Crippen molar-refractivity contribution in [3.63, 3.8) is 0 Å². The molecule has 5 rings (SSSR count). The third kappa shape index (κ3) is 6.20. The second-order valence-corrected chi connectivity index (χ2v) is 10.4. The molecular weight excluding hydrogens is 472 g/mol. The molecule has 1 saturated carbocycles.